The van der Waals surface area contributed by atoms with Gasteiger partial charge in [0.2, 0.25) is 0 Å². The molecule has 0 bridgehead atoms. The number of carbonyl (C=O) groups is 1. The first-order chi connectivity index (χ1) is 14.2. The molecule has 0 saturated carbocycles. The topological polar surface area (TPSA) is 82.2 Å². The van der Waals surface area contributed by atoms with Crippen LogP contribution in [0.1, 0.15) is 38.5 Å². The second kappa shape index (κ2) is 8.86. The Hall–Kier alpha value is -2.89. The molecule has 0 aliphatic carbocycles. The lowest BCUT2D eigenvalue weighted by atomic mass is 10.2. The van der Waals surface area contributed by atoms with E-state index >= 15 is 0 Å². The lowest BCUT2D eigenvalue weighted by molar-refractivity contribution is 0.252. The Morgan fingerprint density at radius 2 is 1.97 bits per heavy atom. The molecule has 1 aromatic carbocycles. The van der Waals surface area contributed by atoms with Gasteiger partial charge in [-0.3, -0.25) is 0 Å². The van der Waals surface area contributed by atoms with Gasteiger partial charge in [-0.25, -0.2) is 10.2 Å². The smallest absolute Gasteiger partial charge is 0.308 e. The fourth-order valence-corrected chi connectivity index (χ4v) is 4.64. The molecule has 2 heterocycles. The van der Waals surface area contributed by atoms with E-state index in [1.807, 2.05) is 58.9 Å². The summed E-state index contributed by atoms with van der Waals surface area (Å²) in [5.41, 5.74) is 8.76. The van der Waals surface area contributed by atoms with Crippen LogP contribution in [-0.2, 0) is 0 Å². The number of amides is 2. The number of nitrogens with zero attached hydrogens (tertiary/aromatic N) is 3. The van der Waals surface area contributed by atoms with Crippen LogP contribution in [0.5, 0.6) is 0 Å². The molecule has 8 heteroatoms. The molecule has 2 aromatic heterocycles. The number of hydrogen-bond acceptors (Lipinski definition) is 4. The van der Waals surface area contributed by atoms with Gasteiger partial charge in [0.15, 0.2) is 0 Å². The van der Waals surface area contributed by atoms with E-state index in [0.29, 0.717) is 11.3 Å². The van der Waals surface area contributed by atoms with Gasteiger partial charge in [0.25, 0.3) is 0 Å². The van der Waals surface area contributed by atoms with E-state index in [4.69, 9.17) is 0 Å². The fraction of sp³-hybridized carbons (Fsp3) is 0.227. The molecule has 0 atom stereocenters. The summed E-state index contributed by atoms with van der Waals surface area (Å²) >= 11 is 5.04. The number of benzene rings is 1. The maximum Gasteiger partial charge on any atom is 0.339 e. The highest BCUT2D eigenvalue weighted by Crippen LogP contribution is 2.33. The number of halogens is 1. The van der Waals surface area contributed by atoms with Crippen molar-refractivity contribution in [3.8, 4) is 11.1 Å². The van der Waals surface area contributed by atoms with E-state index in [1.165, 1.54) is 0 Å². The second-order valence-electron chi connectivity index (χ2n) is 7.03. The SMILES string of the molecule is Cc1cc(NC(=O)N/N=C/c2cc(C)n(-c3sc(C)c(C)c3C#N)c2C)ccc1Br. The first-order valence-corrected chi connectivity index (χ1v) is 10.9. The highest BCUT2D eigenvalue weighted by Gasteiger charge is 2.18. The number of rotatable bonds is 4. The third kappa shape index (κ3) is 4.32. The van der Waals surface area contributed by atoms with Crippen LogP contribution < -0.4 is 10.7 Å². The van der Waals surface area contributed by atoms with Crippen LogP contribution in [-0.4, -0.2) is 16.8 Å². The van der Waals surface area contributed by atoms with Crippen LogP contribution in [0.2, 0.25) is 0 Å². The first-order valence-electron chi connectivity index (χ1n) is 9.28. The average Bonchev–Trinajstić information content (AvgIpc) is 3.13. The molecule has 0 spiro atoms. The van der Waals surface area contributed by atoms with Gasteiger partial charge in [-0.05, 0) is 70.0 Å². The molecule has 0 radical (unpaired) electrons. The monoisotopic (exact) mass is 483 g/mol. The number of aryl methyl sites for hydroxylation is 3. The van der Waals surface area contributed by atoms with Crippen LogP contribution in [0.3, 0.4) is 0 Å². The second-order valence-corrected chi connectivity index (χ2v) is 9.08. The number of nitriles is 1. The summed E-state index contributed by atoms with van der Waals surface area (Å²) in [6, 6.07) is 9.46. The Balaban J connectivity index is 1.76. The number of aromatic nitrogens is 1. The number of urea groups is 1. The van der Waals surface area contributed by atoms with Gasteiger partial charge in [-0.2, -0.15) is 10.4 Å². The number of thiophene rings is 1. The third-order valence-electron chi connectivity index (χ3n) is 4.94. The Bertz CT molecular complexity index is 1200. The van der Waals surface area contributed by atoms with E-state index in [2.05, 4.69) is 42.4 Å². The van der Waals surface area contributed by atoms with E-state index in [-0.39, 0.29) is 0 Å². The van der Waals surface area contributed by atoms with E-state index in [9.17, 15) is 10.1 Å². The number of hydrogen-bond donors (Lipinski definition) is 2. The summed E-state index contributed by atoms with van der Waals surface area (Å²) in [5.74, 6) is 0. The van der Waals surface area contributed by atoms with Crippen LogP contribution in [0.15, 0.2) is 33.8 Å². The first kappa shape index (κ1) is 21.8. The van der Waals surface area contributed by atoms with Crippen molar-refractivity contribution >= 4 is 45.2 Å². The minimum absolute atomic E-state index is 0.418. The maximum absolute atomic E-state index is 12.1. The van der Waals surface area contributed by atoms with Crippen molar-refractivity contribution in [3.05, 3.63) is 67.3 Å². The van der Waals surface area contributed by atoms with Gasteiger partial charge in [0.05, 0.1) is 11.8 Å². The normalized spacial score (nSPS) is 11.0. The van der Waals surface area contributed by atoms with Crippen molar-refractivity contribution in [3.63, 3.8) is 0 Å². The molecule has 3 aromatic rings. The van der Waals surface area contributed by atoms with Crippen LogP contribution in [0.4, 0.5) is 10.5 Å². The predicted octanol–water partition coefficient (Wildman–Crippen LogP) is 5.87. The standard InChI is InChI=1S/C22H22BrN5OS/c1-12-8-18(6-7-20(12)23)26-22(29)27-25-11-17-9-13(2)28(15(17)4)21-19(10-24)14(3)16(5)30-21/h6-9,11H,1-5H3,(H2,26,27,29)/b25-11+. The summed E-state index contributed by atoms with van der Waals surface area (Å²) < 4.78 is 3.05. The van der Waals surface area contributed by atoms with Crippen LogP contribution >= 0.6 is 27.3 Å². The Morgan fingerprint density at radius 1 is 1.23 bits per heavy atom. The van der Waals surface area contributed by atoms with Gasteiger partial charge >= 0.3 is 6.03 Å². The predicted molar refractivity (Wildman–Crippen MR) is 126 cm³/mol. The van der Waals surface area contributed by atoms with Gasteiger partial charge < -0.3 is 9.88 Å². The summed E-state index contributed by atoms with van der Waals surface area (Å²) in [6.07, 6.45) is 1.62. The van der Waals surface area contributed by atoms with E-state index < -0.39 is 6.03 Å². The lowest BCUT2D eigenvalue weighted by Gasteiger charge is -2.07. The Morgan fingerprint density at radius 3 is 2.63 bits per heavy atom. The molecule has 0 saturated heterocycles. The van der Waals surface area contributed by atoms with Gasteiger partial charge in [0.1, 0.15) is 11.1 Å². The molecule has 3 rings (SSSR count). The van der Waals surface area contributed by atoms with Crippen molar-refractivity contribution in [2.75, 3.05) is 5.32 Å². The largest absolute Gasteiger partial charge is 0.339 e. The third-order valence-corrected chi connectivity index (χ3v) is 7.02. The van der Waals surface area contributed by atoms with Crippen LogP contribution in [0, 0.1) is 45.9 Å². The molecule has 0 aliphatic heterocycles. The number of nitrogens with one attached hydrogen (secondary N) is 2. The molecule has 30 heavy (non-hydrogen) atoms. The van der Waals surface area contributed by atoms with Gasteiger partial charge in [-0.15, -0.1) is 11.3 Å². The number of hydrazone groups is 1. The number of anilines is 1. The molecule has 6 nitrogen and oxygen atoms in total. The maximum atomic E-state index is 12.1. The zero-order valence-electron chi connectivity index (χ0n) is 17.4. The highest BCUT2D eigenvalue weighted by atomic mass is 79.9. The Kier molecular flexibility index (Phi) is 6.44. The average molecular weight is 484 g/mol. The summed E-state index contributed by atoms with van der Waals surface area (Å²) in [7, 11) is 0. The summed E-state index contributed by atoms with van der Waals surface area (Å²) in [5, 5.41) is 17.3. The van der Waals surface area contributed by atoms with E-state index in [1.54, 1.807) is 17.6 Å². The molecule has 0 fully saturated rings. The molecule has 2 N–H and O–H groups in total. The molecule has 154 valence electrons. The Labute approximate surface area is 188 Å². The molecular weight excluding hydrogens is 462 g/mol. The zero-order chi connectivity index (χ0) is 22.0. The van der Waals surface area contributed by atoms with Crippen molar-refractivity contribution < 1.29 is 4.79 Å². The highest BCUT2D eigenvalue weighted by molar-refractivity contribution is 9.10. The molecule has 2 amide bonds. The van der Waals surface area contributed by atoms with E-state index in [0.717, 1.165) is 42.4 Å². The van der Waals surface area contributed by atoms with Crippen molar-refractivity contribution in [2.45, 2.75) is 34.6 Å². The van der Waals surface area contributed by atoms with Crippen molar-refractivity contribution in [1.29, 1.82) is 5.26 Å². The summed E-state index contributed by atoms with van der Waals surface area (Å²) in [4.78, 5) is 13.2. The lowest BCUT2D eigenvalue weighted by Crippen LogP contribution is -2.24. The van der Waals surface area contributed by atoms with Gasteiger partial charge in [-0.1, -0.05) is 15.9 Å². The summed E-state index contributed by atoms with van der Waals surface area (Å²) in [6.45, 7) is 9.92. The number of carbonyl (C=O) groups excluding carboxylic acids is 1. The van der Waals surface area contributed by atoms with Crippen LogP contribution in [0.25, 0.3) is 5.00 Å². The molecular formula is C22H22BrN5OS. The minimum atomic E-state index is -0.418. The zero-order valence-corrected chi connectivity index (χ0v) is 19.8. The molecule has 0 aliphatic rings. The van der Waals surface area contributed by atoms with Crippen molar-refractivity contribution in [2.24, 2.45) is 5.10 Å². The van der Waals surface area contributed by atoms with Gasteiger partial charge in [0, 0.05) is 32.0 Å². The fourth-order valence-electron chi connectivity index (χ4n) is 3.17. The molecule has 0 unspecified atom stereocenters. The quantitative estimate of drug-likeness (QED) is 0.359. The van der Waals surface area contributed by atoms with Crippen molar-refractivity contribution in [1.82, 2.24) is 9.99 Å². The minimum Gasteiger partial charge on any atom is -0.308 e.